The van der Waals surface area contributed by atoms with Crippen LogP contribution in [0.3, 0.4) is 0 Å². The van der Waals surface area contributed by atoms with Crippen molar-refractivity contribution in [3.8, 4) is 5.75 Å². The fraction of sp³-hybridized carbons (Fsp3) is 0.450. The third kappa shape index (κ3) is 6.53. The molecule has 1 aromatic carbocycles. The normalized spacial score (nSPS) is 20.7. The molecule has 3 atom stereocenters. The number of guanidine groups is 1. The second kappa shape index (κ2) is 9.90. The SMILES string of the molecule is CCNC(=NCC(C)(O)c1ccco1)NC1CC1c1ccccc1OC(F)(F)F.I. The van der Waals surface area contributed by atoms with Crippen LogP contribution >= 0.6 is 24.0 Å². The molecule has 166 valence electrons. The number of aliphatic imine (C=N–C) groups is 1. The standard InChI is InChI=1S/C20H24F3N3O3.HI/c1-3-24-18(25-12-19(2,27)17-9-6-10-28-17)26-15-11-14(15)13-7-4-5-8-16(13)29-20(21,22)23;/h4-10,14-15,27H,3,11-12H2,1-2H3,(H2,24,25,26);1H. The second-order valence-electron chi connectivity index (χ2n) is 7.12. The summed E-state index contributed by atoms with van der Waals surface area (Å²) < 4.78 is 47.3. The lowest BCUT2D eigenvalue weighted by Gasteiger charge is -2.19. The van der Waals surface area contributed by atoms with Crippen molar-refractivity contribution >= 4 is 29.9 Å². The lowest BCUT2D eigenvalue weighted by Crippen LogP contribution is -2.40. The van der Waals surface area contributed by atoms with E-state index in [1.807, 2.05) is 6.92 Å². The topological polar surface area (TPSA) is 79.0 Å². The predicted octanol–water partition coefficient (Wildman–Crippen LogP) is 4.11. The van der Waals surface area contributed by atoms with E-state index in [0.29, 0.717) is 30.2 Å². The molecule has 3 unspecified atom stereocenters. The van der Waals surface area contributed by atoms with Crippen molar-refractivity contribution in [3.63, 3.8) is 0 Å². The molecule has 3 N–H and O–H groups in total. The zero-order valence-electron chi connectivity index (χ0n) is 16.6. The summed E-state index contributed by atoms with van der Waals surface area (Å²) in [5.41, 5.74) is -0.775. The molecule has 1 fully saturated rings. The lowest BCUT2D eigenvalue weighted by atomic mass is 10.0. The first-order chi connectivity index (χ1) is 13.7. The molecule has 1 saturated carbocycles. The molecule has 6 nitrogen and oxygen atoms in total. The van der Waals surface area contributed by atoms with Gasteiger partial charge in [-0.05, 0) is 44.0 Å². The highest BCUT2D eigenvalue weighted by Gasteiger charge is 2.42. The summed E-state index contributed by atoms with van der Waals surface area (Å²) in [5, 5.41) is 16.8. The smallest absolute Gasteiger partial charge is 0.466 e. The molecular weight excluding hydrogens is 514 g/mol. The molecule has 0 radical (unpaired) electrons. The monoisotopic (exact) mass is 539 g/mol. The van der Waals surface area contributed by atoms with E-state index in [9.17, 15) is 18.3 Å². The summed E-state index contributed by atoms with van der Waals surface area (Å²) in [6.45, 7) is 4.16. The van der Waals surface area contributed by atoms with Gasteiger partial charge < -0.3 is 24.9 Å². The number of ether oxygens (including phenoxy) is 1. The van der Waals surface area contributed by atoms with Crippen molar-refractivity contribution in [2.75, 3.05) is 13.1 Å². The number of alkyl halides is 3. The lowest BCUT2D eigenvalue weighted by molar-refractivity contribution is -0.274. The molecule has 1 aromatic heterocycles. The molecule has 0 spiro atoms. The minimum atomic E-state index is -4.73. The summed E-state index contributed by atoms with van der Waals surface area (Å²) in [6, 6.07) is 9.43. The first-order valence-corrected chi connectivity index (χ1v) is 9.35. The van der Waals surface area contributed by atoms with E-state index < -0.39 is 12.0 Å². The van der Waals surface area contributed by atoms with Crippen LogP contribution in [0.25, 0.3) is 0 Å². The molecule has 1 aliphatic rings. The number of hydrogen-bond acceptors (Lipinski definition) is 4. The van der Waals surface area contributed by atoms with Crippen LogP contribution in [-0.4, -0.2) is 36.6 Å². The van der Waals surface area contributed by atoms with Crippen LogP contribution in [0.2, 0.25) is 0 Å². The molecule has 0 saturated heterocycles. The Balaban J connectivity index is 0.00000320. The van der Waals surface area contributed by atoms with E-state index in [0.717, 1.165) is 0 Å². The first-order valence-electron chi connectivity index (χ1n) is 9.35. The van der Waals surface area contributed by atoms with Gasteiger partial charge in [0, 0.05) is 18.5 Å². The third-order valence-electron chi connectivity index (χ3n) is 4.60. The predicted molar refractivity (Wildman–Crippen MR) is 117 cm³/mol. The number of nitrogens with zero attached hydrogens (tertiary/aromatic N) is 1. The number of furan rings is 1. The molecule has 2 aromatic rings. The van der Waals surface area contributed by atoms with Gasteiger partial charge >= 0.3 is 6.36 Å². The number of para-hydroxylation sites is 1. The fourth-order valence-electron chi connectivity index (χ4n) is 3.09. The van der Waals surface area contributed by atoms with Crippen molar-refractivity contribution in [1.29, 1.82) is 0 Å². The summed E-state index contributed by atoms with van der Waals surface area (Å²) in [6.07, 6.45) is -2.61. The van der Waals surface area contributed by atoms with Crippen molar-refractivity contribution < 1.29 is 27.4 Å². The number of benzene rings is 1. The zero-order valence-corrected chi connectivity index (χ0v) is 18.9. The van der Waals surface area contributed by atoms with Crippen molar-refractivity contribution in [2.24, 2.45) is 4.99 Å². The largest absolute Gasteiger partial charge is 0.573 e. The maximum Gasteiger partial charge on any atom is 0.573 e. The summed E-state index contributed by atoms with van der Waals surface area (Å²) in [7, 11) is 0. The van der Waals surface area contributed by atoms with Crippen molar-refractivity contribution in [3.05, 3.63) is 54.0 Å². The average molecular weight is 539 g/mol. The number of halogens is 4. The van der Waals surface area contributed by atoms with E-state index in [-0.39, 0.29) is 48.2 Å². The van der Waals surface area contributed by atoms with Gasteiger partial charge in [-0.2, -0.15) is 0 Å². The molecule has 0 bridgehead atoms. The van der Waals surface area contributed by atoms with Gasteiger partial charge in [-0.15, -0.1) is 37.1 Å². The molecule has 1 heterocycles. The minimum absolute atomic E-state index is 0. The maximum atomic E-state index is 12.6. The van der Waals surface area contributed by atoms with Gasteiger partial charge in [0.15, 0.2) is 5.96 Å². The Kier molecular flexibility index (Phi) is 8.03. The van der Waals surface area contributed by atoms with Gasteiger partial charge in [-0.25, -0.2) is 4.99 Å². The van der Waals surface area contributed by atoms with Crippen LogP contribution in [0.1, 0.15) is 37.5 Å². The Hall–Kier alpha value is -1.95. The third-order valence-corrected chi connectivity index (χ3v) is 4.60. The molecular formula is C20H25F3IN3O3. The van der Waals surface area contributed by atoms with Crippen LogP contribution in [0, 0.1) is 0 Å². The Morgan fingerprint density at radius 2 is 2.00 bits per heavy atom. The number of aliphatic hydroxyl groups is 1. The van der Waals surface area contributed by atoms with Gasteiger partial charge in [-0.1, -0.05) is 18.2 Å². The molecule has 0 amide bonds. The first kappa shape index (κ1) is 24.3. The van der Waals surface area contributed by atoms with Gasteiger partial charge in [0.05, 0.1) is 12.8 Å². The van der Waals surface area contributed by atoms with E-state index in [2.05, 4.69) is 20.4 Å². The average Bonchev–Trinajstić information content (AvgIpc) is 3.15. The van der Waals surface area contributed by atoms with E-state index in [1.54, 1.807) is 31.2 Å². The van der Waals surface area contributed by atoms with Crippen LogP contribution < -0.4 is 15.4 Å². The number of rotatable bonds is 7. The van der Waals surface area contributed by atoms with Crippen LogP contribution in [0.4, 0.5) is 13.2 Å². The van der Waals surface area contributed by atoms with E-state index in [1.165, 1.54) is 18.4 Å². The van der Waals surface area contributed by atoms with E-state index >= 15 is 0 Å². The Morgan fingerprint density at radius 3 is 2.63 bits per heavy atom. The quantitative estimate of drug-likeness (QED) is 0.281. The maximum absolute atomic E-state index is 12.6. The van der Waals surface area contributed by atoms with Crippen molar-refractivity contribution in [1.82, 2.24) is 10.6 Å². The van der Waals surface area contributed by atoms with E-state index in [4.69, 9.17) is 4.42 Å². The molecule has 1 aliphatic carbocycles. The summed E-state index contributed by atoms with van der Waals surface area (Å²) in [5.74, 6) is 0.570. The zero-order chi connectivity index (χ0) is 21.1. The molecule has 10 heteroatoms. The van der Waals surface area contributed by atoms with Crippen LogP contribution in [0.5, 0.6) is 5.75 Å². The minimum Gasteiger partial charge on any atom is -0.466 e. The van der Waals surface area contributed by atoms with Crippen molar-refractivity contribution in [2.45, 2.75) is 44.2 Å². The summed E-state index contributed by atoms with van der Waals surface area (Å²) in [4.78, 5) is 4.40. The fourth-order valence-corrected chi connectivity index (χ4v) is 3.09. The van der Waals surface area contributed by atoms with Gasteiger partial charge in [0.25, 0.3) is 0 Å². The summed E-state index contributed by atoms with van der Waals surface area (Å²) >= 11 is 0. The Labute approximate surface area is 189 Å². The molecule has 3 rings (SSSR count). The molecule has 0 aliphatic heterocycles. The van der Waals surface area contributed by atoms with Crippen LogP contribution in [0.15, 0.2) is 52.1 Å². The number of nitrogens with one attached hydrogen (secondary N) is 2. The van der Waals surface area contributed by atoms with Gasteiger partial charge in [0.2, 0.25) is 0 Å². The Bertz CT molecular complexity index is 841. The Morgan fingerprint density at radius 1 is 1.27 bits per heavy atom. The number of hydrogen-bond donors (Lipinski definition) is 3. The van der Waals surface area contributed by atoms with Gasteiger partial charge in [-0.3, -0.25) is 0 Å². The highest BCUT2D eigenvalue weighted by molar-refractivity contribution is 14.0. The molecule has 30 heavy (non-hydrogen) atoms. The highest BCUT2D eigenvalue weighted by atomic mass is 127. The highest BCUT2D eigenvalue weighted by Crippen LogP contribution is 2.45. The second-order valence-corrected chi connectivity index (χ2v) is 7.12. The van der Waals surface area contributed by atoms with Gasteiger partial charge in [0.1, 0.15) is 17.1 Å². The van der Waals surface area contributed by atoms with Crippen LogP contribution in [-0.2, 0) is 5.60 Å².